The number of aliphatic imine (C=N–C) groups is 1. The fraction of sp³-hybridized carbons (Fsp3) is 0.375. The molecule has 0 spiro atoms. The molecule has 6 heteroatoms. The average molecular weight is 303 g/mol. The molecule has 0 bridgehead atoms. The molecule has 1 rings (SSSR count). The van der Waals surface area contributed by atoms with Crippen LogP contribution in [-0.2, 0) is 20.8 Å². The lowest BCUT2D eigenvalue weighted by Crippen LogP contribution is -2.35. The van der Waals surface area contributed by atoms with Crippen molar-refractivity contribution >= 4 is 23.4 Å². The average Bonchev–Trinajstić information content (AvgIpc) is 2.47. The third-order valence-electron chi connectivity index (χ3n) is 2.87. The van der Waals surface area contributed by atoms with E-state index in [4.69, 9.17) is 5.73 Å². The van der Waals surface area contributed by atoms with Crippen molar-refractivity contribution < 1.29 is 14.4 Å². The van der Waals surface area contributed by atoms with Crippen molar-refractivity contribution in [3.8, 4) is 0 Å². The summed E-state index contributed by atoms with van der Waals surface area (Å²) in [5.74, 6) is -1.64. The van der Waals surface area contributed by atoms with Crippen molar-refractivity contribution in [2.45, 2.75) is 32.6 Å². The van der Waals surface area contributed by atoms with Gasteiger partial charge in [-0.25, -0.2) is 4.99 Å². The number of nitrogens with one attached hydrogen (secondary N) is 1. The van der Waals surface area contributed by atoms with E-state index in [-0.39, 0.29) is 18.6 Å². The largest absolute Gasteiger partial charge is 0.369 e. The number of amides is 3. The van der Waals surface area contributed by atoms with Gasteiger partial charge < -0.3 is 11.1 Å². The summed E-state index contributed by atoms with van der Waals surface area (Å²) in [6.45, 7) is 2.23. The first-order chi connectivity index (χ1) is 10.5. The second-order valence-corrected chi connectivity index (χ2v) is 4.84. The number of primary amides is 1. The number of nitrogens with zero attached hydrogens (tertiary/aromatic N) is 1. The molecule has 0 aliphatic heterocycles. The molecule has 1 aromatic carbocycles. The SMILES string of the molecule is CCCC(=O)N=C(CC(N)=O)C(=O)NCCc1ccccc1. The minimum atomic E-state index is -0.693. The third kappa shape index (κ3) is 6.78. The van der Waals surface area contributed by atoms with Crippen LogP contribution in [0, 0.1) is 0 Å². The van der Waals surface area contributed by atoms with E-state index in [2.05, 4.69) is 10.3 Å². The number of hydrogen-bond acceptors (Lipinski definition) is 3. The molecule has 0 aliphatic rings. The van der Waals surface area contributed by atoms with Gasteiger partial charge in [0.2, 0.25) is 11.8 Å². The second-order valence-electron chi connectivity index (χ2n) is 4.84. The molecule has 0 atom stereocenters. The van der Waals surface area contributed by atoms with E-state index < -0.39 is 17.7 Å². The molecular weight excluding hydrogens is 282 g/mol. The van der Waals surface area contributed by atoms with Gasteiger partial charge in [-0.15, -0.1) is 0 Å². The van der Waals surface area contributed by atoms with Crippen LogP contribution in [0.5, 0.6) is 0 Å². The zero-order valence-corrected chi connectivity index (χ0v) is 12.7. The van der Waals surface area contributed by atoms with E-state index >= 15 is 0 Å². The van der Waals surface area contributed by atoms with Crippen LogP contribution in [0.2, 0.25) is 0 Å². The minimum absolute atomic E-state index is 0.126. The molecule has 3 amide bonds. The summed E-state index contributed by atoms with van der Waals surface area (Å²) in [5, 5.41) is 2.65. The van der Waals surface area contributed by atoms with Crippen molar-refractivity contribution in [3.05, 3.63) is 35.9 Å². The van der Waals surface area contributed by atoms with Crippen LogP contribution in [0.25, 0.3) is 0 Å². The van der Waals surface area contributed by atoms with Crippen molar-refractivity contribution in [1.29, 1.82) is 0 Å². The third-order valence-corrected chi connectivity index (χ3v) is 2.87. The first kappa shape index (κ1) is 17.6. The Balaban J connectivity index is 2.59. The van der Waals surface area contributed by atoms with E-state index in [1.165, 1.54) is 0 Å². The highest BCUT2D eigenvalue weighted by molar-refractivity contribution is 6.43. The van der Waals surface area contributed by atoms with Gasteiger partial charge in [0.25, 0.3) is 5.91 Å². The van der Waals surface area contributed by atoms with Gasteiger partial charge in [-0.1, -0.05) is 37.3 Å². The molecule has 1 aromatic rings. The van der Waals surface area contributed by atoms with Gasteiger partial charge in [0.05, 0.1) is 6.42 Å². The second kappa shape index (κ2) is 9.44. The Labute approximate surface area is 129 Å². The van der Waals surface area contributed by atoms with Crippen LogP contribution in [0.1, 0.15) is 31.7 Å². The van der Waals surface area contributed by atoms with Gasteiger partial charge >= 0.3 is 0 Å². The van der Waals surface area contributed by atoms with Crippen molar-refractivity contribution in [1.82, 2.24) is 5.32 Å². The lowest BCUT2D eigenvalue weighted by atomic mass is 10.1. The molecule has 0 saturated carbocycles. The lowest BCUT2D eigenvalue weighted by molar-refractivity contribution is -0.119. The monoisotopic (exact) mass is 303 g/mol. The summed E-state index contributed by atoms with van der Waals surface area (Å²) in [6.07, 6.45) is 1.17. The summed E-state index contributed by atoms with van der Waals surface area (Å²) in [5.41, 5.74) is 6.05. The number of rotatable bonds is 8. The zero-order valence-electron chi connectivity index (χ0n) is 12.7. The maximum Gasteiger partial charge on any atom is 0.266 e. The minimum Gasteiger partial charge on any atom is -0.369 e. The van der Waals surface area contributed by atoms with E-state index in [0.29, 0.717) is 19.4 Å². The van der Waals surface area contributed by atoms with Crippen molar-refractivity contribution in [3.63, 3.8) is 0 Å². The Morgan fingerprint density at radius 2 is 1.86 bits per heavy atom. The summed E-state index contributed by atoms with van der Waals surface area (Å²) in [6, 6.07) is 9.66. The van der Waals surface area contributed by atoms with Gasteiger partial charge in [-0.2, -0.15) is 0 Å². The molecule has 6 nitrogen and oxygen atoms in total. The zero-order chi connectivity index (χ0) is 16.4. The van der Waals surface area contributed by atoms with Crippen molar-refractivity contribution in [2.24, 2.45) is 10.7 Å². The highest BCUT2D eigenvalue weighted by atomic mass is 16.2. The maximum absolute atomic E-state index is 12.0. The van der Waals surface area contributed by atoms with Gasteiger partial charge in [0.1, 0.15) is 5.71 Å². The Morgan fingerprint density at radius 3 is 2.45 bits per heavy atom. The number of benzene rings is 1. The van der Waals surface area contributed by atoms with Crippen LogP contribution in [-0.4, -0.2) is 30.0 Å². The molecule has 0 saturated heterocycles. The van der Waals surface area contributed by atoms with E-state index in [1.807, 2.05) is 37.3 Å². The van der Waals surface area contributed by atoms with Gasteiger partial charge in [0, 0.05) is 13.0 Å². The number of carbonyl (C=O) groups excluding carboxylic acids is 3. The first-order valence-electron chi connectivity index (χ1n) is 7.23. The number of nitrogens with two attached hydrogens (primary N) is 1. The molecule has 0 fully saturated rings. The topological polar surface area (TPSA) is 102 Å². The fourth-order valence-corrected chi connectivity index (χ4v) is 1.82. The smallest absolute Gasteiger partial charge is 0.266 e. The van der Waals surface area contributed by atoms with Crippen molar-refractivity contribution in [2.75, 3.05) is 6.54 Å². The van der Waals surface area contributed by atoms with Crippen LogP contribution >= 0.6 is 0 Å². The number of carbonyl (C=O) groups is 3. The molecule has 22 heavy (non-hydrogen) atoms. The molecule has 0 unspecified atom stereocenters. The predicted molar refractivity (Wildman–Crippen MR) is 84.3 cm³/mol. The van der Waals surface area contributed by atoms with Gasteiger partial charge in [-0.05, 0) is 18.4 Å². The maximum atomic E-state index is 12.0. The predicted octanol–water partition coefficient (Wildman–Crippen LogP) is 0.988. The van der Waals surface area contributed by atoms with E-state index in [9.17, 15) is 14.4 Å². The summed E-state index contributed by atoms with van der Waals surface area (Å²) < 4.78 is 0. The normalized spacial score (nSPS) is 11.0. The highest BCUT2D eigenvalue weighted by Gasteiger charge is 2.15. The van der Waals surface area contributed by atoms with Crippen LogP contribution in [0.15, 0.2) is 35.3 Å². The first-order valence-corrected chi connectivity index (χ1v) is 7.23. The molecule has 3 N–H and O–H groups in total. The quantitative estimate of drug-likeness (QED) is 0.700. The molecular formula is C16H21N3O3. The fourth-order valence-electron chi connectivity index (χ4n) is 1.82. The summed E-state index contributed by atoms with van der Waals surface area (Å²) >= 11 is 0. The van der Waals surface area contributed by atoms with Gasteiger partial charge in [-0.3, -0.25) is 14.4 Å². The summed E-state index contributed by atoms with van der Waals surface area (Å²) in [4.78, 5) is 38.2. The van der Waals surface area contributed by atoms with Crippen LogP contribution in [0.4, 0.5) is 0 Å². The van der Waals surface area contributed by atoms with Crippen LogP contribution in [0.3, 0.4) is 0 Å². The highest BCUT2D eigenvalue weighted by Crippen LogP contribution is 1.99. The molecule has 118 valence electrons. The Morgan fingerprint density at radius 1 is 1.18 bits per heavy atom. The molecule has 0 heterocycles. The molecule has 0 radical (unpaired) electrons. The summed E-state index contributed by atoms with van der Waals surface area (Å²) in [7, 11) is 0. The number of hydrogen-bond donors (Lipinski definition) is 2. The molecule has 0 aliphatic carbocycles. The Hall–Kier alpha value is -2.50. The standard InChI is InChI=1S/C16H21N3O3/c1-2-6-15(21)19-13(11-14(17)20)16(22)18-10-9-12-7-4-3-5-8-12/h3-5,7-8H,2,6,9-11H2,1H3,(H2,17,20)(H,18,22). The van der Waals surface area contributed by atoms with Gasteiger partial charge in [0.15, 0.2) is 0 Å². The lowest BCUT2D eigenvalue weighted by Gasteiger charge is -2.07. The Bertz CT molecular complexity index is 553. The molecule has 0 aromatic heterocycles. The van der Waals surface area contributed by atoms with Crippen LogP contribution < -0.4 is 11.1 Å². The van der Waals surface area contributed by atoms with E-state index in [1.54, 1.807) is 0 Å². The Kier molecular flexibility index (Phi) is 7.53. The van der Waals surface area contributed by atoms with E-state index in [0.717, 1.165) is 5.56 Å².